The second-order valence-electron chi connectivity index (χ2n) is 3.63. The number of halogens is 3. The topological polar surface area (TPSA) is 48.4 Å². The Morgan fingerprint density at radius 3 is 2.61 bits per heavy atom. The molecule has 0 aliphatic rings. The van der Waals surface area contributed by atoms with Gasteiger partial charge in [0.15, 0.2) is 4.67 Å². The van der Waals surface area contributed by atoms with Crippen molar-refractivity contribution in [2.45, 2.75) is 6.04 Å². The second-order valence-corrected chi connectivity index (χ2v) is 5.70. The molecule has 0 saturated heterocycles. The van der Waals surface area contributed by atoms with E-state index in [2.05, 4.69) is 31.9 Å². The summed E-state index contributed by atoms with van der Waals surface area (Å²) in [6.45, 7) is 0. The molecule has 0 aliphatic heterocycles. The zero-order valence-corrected chi connectivity index (χ0v) is 13.3. The van der Waals surface area contributed by atoms with Crippen LogP contribution in [0.15, 0.2) is 37.8 Å². The van der Waals surface area contributed by atoms with Crippen LogP contribution in [0.25, 0.3) is 0 Å². The number of methoxy groups -OCH3 is 1. The normalized spacial score (nSPS) is 12.5. The average Bonchev–Trinajstić information content (AvgIpc) is 2.74. The summed E-state index contributed by atoms with van der Waals surface area (Å²) in [6, 6.07) is 6.69. The van der Waals surface area contributed by atoms with E-state index >= 15 is 0 Å². The van der Waals surface area contributed by atoms with Crippen molar-refractivity contribution in [2.24, 2.45) is 5.73 Å². The predicted octanol–water partition coefficient (Wildman–Crippen LogP) is 4.51. The number of rotatable bonds is 3. The molecule has 6 heteroatoms. The summed E-state index contributed by atoms with van der Waals surface area (Å²) < 4.78 is 12.2. The third-order valence-electron chi connectivity index (χ3n) is 2.48. The third kappa shape index (κ3) is 2.74. The van der Waals surface area contributed by atoms with Crippen LogP contribution in [0.5, 0.6) is 5.75 Å². The molecule has 18 heavy (non-hydrogen) atoms. The predicted molar refractivity (Wildman–Crippen MR) is 78.1 cm³/mol. The molecule has 0 aliphatic carbocycles. The van der Waals surface area contributed by atoms with E-state index in [1.165, 1.54) is 0 Å². The van der Waals surface area contributed by atoms with Crippen molar-refractivity contribution in [2.75, 3.05) is 7.11 Å². The molecule has 2 N–H and O–H groups in total. The van der Waals surface area contributed by atoms with E-state index in [4.69, 9.17) is 26.5 Å². The van der Waals surface area contributed by atoms with Crippen LogP contribution in [0.3, 0.4) is 0 Å². The van der Waals surface area contributed by atoms with Gasteiger partial charge in [-0.2, -0.15) is 0 Å². The fraction of sp³-hybridized carbons (Fsp3) is 0.167. The van der Waals surface area contributed by atoms with E-state index in [1.54, 1.807) is 25.3 Å². The molecule has 1 heterocycles. The molecule has 1 aromatic carbocycles. The molecule has 0 spiro atoms. The van der Waals surface area contributed by atoms with Crippen molar-refractivity contribution >= 4 is 43.5 Å². The van der Waals surface area contributed by atoms with Crippen molar-refractivity contribution < 1.29 is 9.15 Å². The lowest BCUT2D eigenvalue weighted by Gasteiger charge is -2.15. The van der Waals surface area contributed by atoms with E-state index in [-0.39, 0.29) is 0 Å². The summed E-state index contributed by atoms with van der Waals surface area (Å²) in [7, 11) is 1.59. The second kappa shape index (κ2) is 5.65. The fourth-order valence-electron chi connectivity index (χ4n) is 1.68. The standard InChI is InChI=1S/C12H10Br2ClNO2/c1-17-12-7(4-6(15)5-8(12)13)11(16)9-2-3-10(14)18-9/h2-5,11H,16H2,1H3. The lowest BCUT2D eigenvalue weighted by Crippen LogP contribution is -2.12. The highest BCUT2D eigenvalue weighted by Gasteiger charge is 2.20. The molecule has 0 radical (unpaired) electrons. The molecule has 0 bridgehead atoms. The lowest BCUT2D eigenvalue weighted by atomic mass is 10.0. The maximum Gasteiger partial charge on any atom is 0.169 e. The largest absolute Gasteiger partial charge is 0.495 e. The molecule has 0 saturated carbocycles. The smallest absolute Gasteiger partial charge is 0.169 e. The highest BCUT2D eigenvalue weighted by atomic mass is 79.9. The van der Waals surface area contributed by atoms with Crippen molar-refractivity contribution in [3.8, 4) is 5.75 Å². The number of ether oxygens (including phenoxy) is 1. The lowest BCUT2D eigenvalue weighted by molar-refractivity contribution is 0.399. The van der Waals surface area contributed by atoms with Gasteiger partial charge in [0.25, 0.3) is 0 Å². The van der Waals surface area contributed by atoms with Crippen LogP contribution in [0, 0.1) is 0 Å². The Labute approximate surface area is 127 Å². The number of hydrogen-bond acceptors (Lipinski definition) is 3. The number of hydrogen-bond donors (Lipinski definition) is 1. The van der Waals surface area contributed by atoms with Crippen LogP contribution >= 0.6 is 43.5 Å². The minimum Gasteiger partial charge on any atom is -0.495 e. The Morgan fingerprint density at radius 2 is 2.06 bits per heavy atom. The van der Waals surface area contributed by atoms with E-state index in [1.807, 2.05) is 6.07 Å². The zero-order valence-electron chi connectivity index (χ0n) is 9.41. The molecule has 1 aromatic heterocycles. The molecule has 96 valence electrons. The van der Waals surface area contributed by atoms with Gasteiger partial charge in [0.1, 0.15) is 11.5 Å². The number of nitrogens with two attached hydrogens (primary N) is 1. The van der Waals surface area contributed by atoms with Crippen LogP contribution in [0.2, 0.25) is 5.02 Å². The van der Waals surface area contributed by atoms with Gasteiger partial charge in [0.05, 0.1) is 17.6 Å². The first-order valence-corrected chi connectivity index (χ1v) is 7.03. The molecule has 2 aromatic rings. The third-order valence-corrected chi connectivity index (χ3v) is 3.71. The van der Waals surface area contributed by atoms with E-state index in [0.29, 0.717) is 21.2 Å². The van der Waals surface area contributed by atoms with Crippen LogP contribution in [-0.2, 0) is 0 Å². The number of benzene rings is 1. The van der Waals surface area contributed by atoms with E-state index in [0.717, 1.165) is 10.0 Å². The Bertz CT molecular complexity index is 571. The molecule has 1 unspecified atom stereocenters. The minimum atomic E-state index is -0.443. The van der Waals surface area contributed by atoms with Gasteiger partial charge in [-0.25, -0.2) is 0 Å². The van der Waals surface area contributed by atoms with Crippen LogP contribution in [-0.4, -0.2) is 7.11 Å². The summed E-state index contributed by atoms with van der Waals surface area (Å²) in [6.07, 6.45) is 0. The Kier molecular flexibility index (Phi) is 4.37. The van der Waals surface area contributed by atoms with Crippen molar-refractivity contribution in [1.82, 2.24) is 0 Å². The molecule has 1 atom stereocenters. The summed E-state index contributed by atoms with van der Waals surface area (Å²) in [5.41, 5.74) is 6.93. The SMILES string of the molecule is COc1c(Br)cc(Cl)cc1C(N)c1ccc(Br)o1. The van der Waals surface area contributed by atoms with Crippen molar-refractivity contribution in [1.29, 1.82) is 0 Å². The first-order chi connectivity index (χ1) is 8.52. The first-order valence-electron chi connectivity index (χ1n) is 5.06. The molecular formula is C12H10Br2ClNO2. The molecular weight excluding hydrogens is 385 g/mol. The fourth-order valence-corrected chi connectivity index (χ4v) is 2.99. The van der Waals surface area contributed by atoms with Crippen molar-refractivity contribution in [3.63, 3.8) is 0 Å². The Balaban J connectivity index is 2.49. The molecule has 3 nitrogen and oxygen atoms in total. The van der Waals surface area contributed by atoms with Gasteiger partial charge in [-0.15, -0.1) is 0 Å². The monoisotopic (exact) mass is 393 g/mol. The Morgan fingerprint density at radius 1 is 1.33 bits per heavy atom. The summed E-state index contributed by atoms with van der Waals surface area (Å²) in [4.78, 5) is 0. The molecule has 0 amide bonds. The van der Waals surface area contributed by atoms with Crippen molar-refractivity contribution in [3.05, 3.63) is 49.8 Å². The van der Waals surface area contributed by atoms with Gasteiger partial charge < -0.3 is 14.9 Å². The quantitative estimate of drug-likeness (QED) is 0.832. The van der Waals surface area contributed by atoms with Gasteiger partial charge >= 0.3 is 0 Å². The zero-order chi connectivity index (χ0) is 13.3. The highest BCUT2D eigenvalue weighted by Crippen LogP contribution is 2.37. The van der Waals surface area contributed by atoms with E-state index < -0.39 is 6.04 Å². The maximum atomic E-state index is 6.17. The number of furan rings is 1. The van der Waals surface area contributed by atoms with Crippen LogP contribution < -0.4 is 10.5 Å². The summed E-state index contributed by atoms with van der Waals surface area (Å²) in [5, 5.41) is 0.582. The van der Waals surface area contributed by atoms with Gasteiger partial charge in [-0.3, -0.25) is 0 Å². The highest BCUT2D eigenvalue weighted by molar-refractivity contribution is 9.10. The maximum absolute atomic E-state index is 6.17. The molecule has 2 rings (SSSR count). The Hall–Kier alpha value is -0.490. The van der Waals surface area contributed by atoms with Gasteiger partial charge in [-0.1, -0.05) is 11.6 Å². The van der Waals surface area contributed by atoms with E-state index in [9.17, 15) is 0 Å². The minimum absolute atomic E-state index is 0.443. The summed E-state index contributed by atoms with van der Waals surface area (Å²) in [5.74, 6) is 1.29. The average molecular weight is 395 g/mol. The first kappa shape index (κ1) is 13.9. The van der Waals surface area contributed by atoms with Gasteiger partial charge in [0, 0.05) is 10.6 Å². The van der Waals surface area contributed by atoms with Gasteiger partial charge in [-0.05, 0) is 56.1 Å². The van der Waals surface area contributed by atoms with Gasteiger partial charge in [0.2, 0.25) is 0 Å². The molecule has 0 fully saturated rings. The van der Waals surface area contributed by atoms with Crippen LogP contribution in [0.1, 0.15) is 17.4 Å². The summed E-state index contributed by atoms with van der Waals surface area (Å²) >= 11 is 12.7. The van der Waals surface area contributed by atoms with Crippen LogP contribution in [0.4, 0.5) is 0 Å².